The molecule has 2 aromatic carbocycles. The molecule has 6 rings (SSSR count). The third kappa shape index (κ3) is 3.84. The van der Waals surface area contributed by atoms with Gasteiger partial charge in [0.15, 0.2) is 0 Å². The van der Waals surface area contributed by atoms with Gasteiger partial charge in [0.1, 0.15) is 5.82 Å². The predicted molar refractivity (Wildman–Crippen MR) is 130 cm³/mol. The van der Waals surface area contributed by atoms with Crippen molar-refractivity contribution in [2.24, 2.45) is 0 Å². The maximum absolute atomic E-state index is 13.1. The lowest BCUT2D eigenvalue weighted by atomic mass is 10.00. The first-order valence-corrected chi connectivity index (χ1v) is 12.1. The molecule has 168 valence electrons. The van der Waals surface area contributed by atoms with Crippen molar-refractivity contribution in [3.05, 3.63) is 82.5 Å². The number of benzene rings is 2. The van der Waals surface area contributed by atoms with E-state index in [0.29, 0.717) is 13.1 Å². The highest BCUT2D eigenvalue weighted by Crippen LogP contribution is 2.32. The number of carbonyl (C=O) groups excluding carboxylic acids is 1. The number of carbonyl (C=O) groups is 1. The summed E-state index contributed by atoms with van der Waals surface area (Å²) in [7, 11) is 0. The summed E-state index contributed by atoms with van der Waals surface area (Å²) < 4.78 is 0. The van der Waals surface area contributed by atoms with Gasteiger partial charge in [0.25, 0.3) is 5.91 Å². The summed E-state index contributed by atoms with van der Waals surface area (Å²) in [6, 6.07) is 18.3. The molecule has 0 atom stereocenters. The van der Waals surface area contributed by atoms with Crippen LogP contribution in [0.1, 0.15) is 45.6 Å². The topological polar surface area (TPSA) is 52.6 Å². The van der Waals surface area contributed by atoms with Gasteiger partial charge in [-0.3, -0.25) is 4.79 Å². The van der Waals surface area contributed by atoms with Gasteiger partial charge in [-0.1, -0.05) is 42.5 Å². The van der Waals surface area contributed by atoms with Crippen LogP contribution in [0.25, 0.3) is 0 Å². The summed E-state index contributed by atoms with van der Waals surface area (Å²) >= 11 is 0. The smallest absolute Gasteiger partial charge is 0.254 e. The Bertz CT molecular complexity index is 1170. The number of hydrogen-bond acceptors (Lipinski definition) is 5. The van der Waals surface area contributed by atoms with Crippen molar-refractivity contribution in [2.75, 3.05) is 36.0 Å². The molecule has 1 aromatic heterocycles. The van der Waals surface area contributed by atoms with Gasteiger partial charge in [-0.15, -0.1) is 0 Å². The van der Waals surface area contributed by atoms with Gasteiger partial charge in [-0.25, -0.2) is 4.98 Å². The summed E-state index contributed by atoms with van der Waals surface area (Å²) in [5.74, 6) is 1.97. The van der Waals surface area contributed by atoms with Gasteiger partial charge < -0.3 is 14.7 Å². The molecule has 6 heteroatoms. The number of anilines is 2. The van der Waals surface area contributed by atoms with Crippen LogP contribution in [-0.2, 0) is 25.9 Å². The van der Waals surface area contributed by atoms with E-state index in [2.05, 4.69) is 34.1 Å². The van der Waals surface area contributed by atoms with Crippen molar-refractivity contribution >= 4 is 17.7 Å². The molecule has 0 aliphatic carbocycles. The molecule has 3 aliphatic heterocycles. The fourth-order valence-electron chi connectivity index (χ4n) is 5.32. The second kappa shape index (κ2) is 8.50. The van der Waals surface area contributed by atoms with E-state index in [1.165, 1.54) is 24.0 Å². The van der Waals surface area contributed by atoms with Crippen LogP contribution < -0.4 is 9.80 Å². The molecule has 1 fully saturated rings. The first-order valence-electron chi connectivity index (χ1n) is 12.1. The first-order chi connectivity index (χ1) is 16.3. The second-order valence-electron chi connectivity index (χ2n) is 9.25. The van der Waals surface area contributed by atoms with Crippen LogP contribution >= 0.6 is 0 Å². The number of amides is 1. The Labute approximate surface area is 194 Å². The zero-order valence-corrected chi connectivity index (χ0v) is 18.9. The molecule has 6 nitrogen and oxygen atoms in total. The average molecular weight is 440 g/mol. The summed E-state index contributed by atoms with van der Waals surface area (Å²) in [5, 5.41) is 0. The monoisotopic (exact) mass is 439 g/mol. The van der Waals surface area contributed by atoms with Crippen molar-refractivity contribution < 1.29 is 4.79 Å². The lowest BCUT2D eigenvalue weighted by Gasteiger charge is -2.34. The molecular weight excluding hydrogens is 410 g/mol. The fourth-order valence-corrected chi connectivity index (χ4v) is 5.32. The Balaban J connectivity index is 1.33. The SMILES string of the molecule is O=C(c1ccccc1)N1CCc2nc(N3CCc4ccccc4C3)nc(N3CCCC3)c2C1. The molecule has 1 saturated heterocycles. The van der Waals surface area contributed by atoms with Crippen LogP contribution in [0.2, 0.25) is 0 Å². The molecule has 33 heavy (non-hydrogen) atoms. The van der Waals surface area contributed by atoms with E-state index in [1.54, 1.807) is 0 Å². The van der Waals surface area contributed by atoms with Crippen LogP contribution in [0.4, 0.5) is 11.8 Å². The Morgan fingerprint density at radius 1 is 0.727 bits per heavy atom. The molecular formula is C27H29N5O. The minimum atomic E-state index is 0.0883. The van der Waals surface area contributed by atoms with E-state index in [1.807, 2.05) is 35.2 Å². The van der Waals surface area contributed by atoms with Crippen molar-refractivity contribution in [1.29, 1.82) is 0 Å². The maximum Gasteiger partial charge on any atom is 0.254 e. The van der Waals surface area contributed by atoms with E-state index in [-0.39, 0.29) is 5.91 Å². The number of hydrogen-bond donors (Lipinski definition) is 0. The summed E-state index contributed by atoms with van der Waals surface area (Å²) in [6.07, 6.45) is 4.18. The third-order valence-corrected chi connectivity index (χ3v) is 7.15. The van der Waals surface area contributed by atoms with Gasteiger partial charge >= 0.3 is 0 Å². The molecule has 1 amide bonds. The minimum absolute atomic E-state index is 0.0883. The lowest BCUT2D eigenvalue weighted by molar-refractivity contribution is 0.0733. The molecule has 0 radical (unpaired) electrons. The molecule has 3 aliphatic rings. The van der Waals surface area contributed by atoms with Gasteiger partial charge in [0.2, 0.25) is 5.95 Å². The highest BCUT2D eigenvalue weighted by atomic mass is 16.2. The maximum atomic E-state index is 13.1. The van der Waals surface area contributed by atoms with E-state index < -0.39 is 0 Å². The van der Waals surface area contributed by atoms with Crippen LogP contribution in [-0.4, -0.2) is 47.0 Å². The Kier molecular flexibility index (Phi) is 5.21. The minimum Gasteiger partial charge on any atom is -0.356 e. The van der Waals surface area contributed by atoms with Crippen molar-refractivity contribution in [3.63, 3.8) is 0 Å². The first kappa shape index (κ1) is 20.2. The van der Waals surface area contributed by atoms with E-state index >= 15 is 0 Å². The van der Waals surface area contributed by atoms with Crippen molar-refractivity contribution in [2.45, 2.75) is 38.8 Å². The average Bonchev–Trinajstić information content (AvgIpc) is 3.42. The van der Waals surface area contributed by atoms with Gasteiger partial charge in [0, 0.05) is 50.3 Å². The molecule has 4 heterocycles. The van der Waals surface area contributed by atoms with Gasteiger partial charge in [-0.2, -0.15) is 4.98 Å². The molecule has 0 unspecified atom stereocenters. The van der Waals surface area contributed by atoms with E-state index in [4.69, 9.17) is 9.97 Å². The van der Waals surface area contributed by atoms with E-state index in [0.717, 1.165) is 67.6 Å². The Morgan fingerprint density at radius 2 is 1.48 bits per heavy atom. The van der Waals surface area contributed by atoms with Crippen molar-refractivity contribution in [3.8, 4) is 0 Å². The molecule has 0 saturated carbocycles. The second-order valence-corrected chi connectivity index (χ2v) is 9.25. The number of fused-ring (bicyclic) bond motifs is 2. The number of nitrogens with zero attached hydrogens (tertiary/aromatic N) is 5. The summed E-state index contributed by atoms with van der Waals surface area (Å²) in [5.41, 5.74) is 5.79. The normalized spacial score (nSPS) is 17.6. The van der Waals surface area contributed by atoms with Crippen LogP contribution in [0.15, 0.2) is 54.6 Å². The van der Waals surface area contributed by atoms with Crippen LogP contribution in [0.5, 0.6) is 0 Å². The molecule has 0 bridgehead atoms. The molecule has 0 spiro atoms. The quantitative estimate of drug-likeness (QED) is 0.621. The van der Waals surface area contributed by atoms with Gasteiger partial charge in [0.05, 0.1) is 12.2 Å². The predicted octanol–water partition coefficient (Wildman–Crippen LogP) is 3.84. The zero-order chi connectivity index (χ0) is 22.2. The highest BCUT2D eigenvalue weighted by Gasteiger charge is 2.30. The summed E-state index contributed by atoms with van der Waals surface area (Å²) in [4.78, 5) is 30.0. The van der Waals surface area contributed by atoms with E-state index in [9.17, 15) is 4.79 Å². The molecule has 0 N–H and O–H groups in total. The highest BCUT2D eigenvalue weighted by molar-refractivity contribution is 5.94. The lowest BCUT2D eigenvalue weighted by Crippen LogP contribution is -2.39. The Hall–Kier alpha value is -3.41. The fraction of sp³-hybridized carbons (Fsp3) is 0.370. The van der Waals surface area contributed by atoms with Gasteiger partial charge in [-0.05, 0) is 42.5 Å². The Morgan fingerprint density at radius 3 is 2.30 bits per heavy atom. The largest absolute Gasteiger partial charge is 0.356 e. The molecule has 3 aromatic rings. The van der Waals surface area contributed by atoms with Crippen molar-refractivity contribution in [1.82, 2.24) is 14.9 Å². The standard InChI is InChI=1S/C27H29N5O/c33-26(21-9-2-1-3-10-21)31-17-13-24-23(19-31)25(30-14-6-7-15-30)29-27(28-24)32-16-12-20-8-4-5-11-22(20)18-32/h1-5,8-11H,6-7,12-19H2. The van der Waals surface area contributed by atoms with Crippen LogP contribution in [0.3, 0.4) is 0 Å². The number of aromatic nitrogens is 2. The zero-order valence-electron chi connectivity index (χ0n) is 18.9. The summed E-state index contributed by atoms with van der Waals surface area (Å²) in [6.45, 7) is 5.12. The third-order valence-electron chi connectivity index (χ3n) is 7.15. The number of rotatable bonds is 3. The van der Waals surface area contributed by atoms with Crippen LogP contribution in [0, 0.1) is 0 Å².